The van der Waals surface area contributed by atoms with E-state index in [1.807, 2.05) is 41.0 Å². The van der Waals surface area contributed by atoms with E-state index >= 15 is 0 Å². The summed E-state index contributed by atoms with van der Waals surface area (Å²) in [4.78, 5) is 4.38. The molecule has 3 aromatic rings. The van der Waals surface area contributed by atoms with Crippen molar-refractivity contribution in [2.45, 2.75) is 19.4 Å². The van der Waals surface area contributed by atoms with Gasteiger partial charge in [0.15, 0.2) is 10.6 Å². The van der Waals surface area contributed by atoms with Crippen LogP contribution in [-0.4, -0.2) is 19.7 Å². The number of H-pyrrole nitrogens is 1. The summed E-state index contributed by atoms with van der Waals surface area (Å²) in [6.07, 6.45) is 2.69. The van der Waals surface area contributed by atoms with Crippen LogP contribution in [0.3, 0.4) is 0 Å². The Bertz CT molecular complexity index is 762. The molecule has 106 valence electrons. The third kappa shape index (κ3) is 2.64. The lowest BCUT2D eigenvalue weighted by Gasteiger charge is -2.18. The molecule has 5 heteroatoms. The lowest BCUT2D eigenvalue weighted by atomic mass is 10.0. The Morgan fingerprint density at radius 1 is 1.14 bits per heavy atom. The van der Waals surface area contributed by atoms with Gasteiger partial charge in [-0.25, -0.2) is 0 Å². The van der Waals surface area contributed by atoms with Crippen LogP contribution in [0.15, 0.2) is 54.7 Å². The zero-order valence-corrected chi connectivity index (χ0v) is 12.5. The van der Waals surface area contributed by atoms with Crippen LogP contribution in [0.2, 0.25) is 0 Å². The van der Waals surface area contributed by atoms with Crippen molar-refractivity contribution in [1.82, 2.24) is 19.7 Å². The first-order valence-corrected chi connectivity index (χ1v) is 7.35. The Kier molecular flexibility index (Phi) is 3.92. The van der Waals surface area contributed by atoms with Gasteiger partial charge in [0.1, 0.15) is 5.69 Å². The van der Waals surface area contributed by atoms with Crippen LogP contribution in [-0.2, 0) is 0 Å². The van der Waals surface area contributed by atoms with E-state index in [0.717, 1.165) is 17.9 Å². The number of hydrogen-bond acceptors (Lipinski definition) is 3. The fraction of sp³-hybridized carbons (Fsp3) is 0.188. The molecule has 0 spiro atoms. The van der Waals surface area contributed by atoms with Gasteiger partial charge >= 0.3 is 0 Å². The third-order valence-corrected chi connectivity index (χ3v) is 3.77. The van der Waals surface area contributed by atoms with Gasteiger partial charge in [-0.3, -0.25) is 14.6 Å². The lowest BCUT2D eigenvalue weighted by molar-refractivity contribution is 0.563. The molecule has 21 heavy (non-hydrogen) atoms. The molecular formula is C16H16N4S. The van der Waals surface area contributed by atoms with E-state index in [1.54, 1.807) is 6.20 Å². The maximum Gasteiger partial charge on any atom is 0.196 e. The van der Waals surface area contributed by atoms with Crippen LogP contribution in [0.4, 0.5) is 0 Å². The molecular weight excluding hydrogens is 280 g/mol. The molecule has 0 aliphatic carbocycles. The lowest BCUT2D eigenvalue weighted by Crippen LogP contribution is -2.11. The molecule has 1 N–H and O–H groups in total. The molecule has 0 aliphatic rings. The van der Waals surface area contributed by atoms with E-state index in [2.05, 4.69) is 34.2 Å². The number of nitrogens with one attached hydrogen (secondary N) is 1. The van der Waals surface area contributed by atoms with Gasteiger partial charge in [0.2, 0.25) is 0 Å². The quantitative estimate of drug-likeness (QED) is 0.740. The van der Waals surface area contributed by atoms with Gasteiger partial charge in [-0.15, -0.1) is 0 Å². The molecule has 0 fully saturated rings. The molecule has 2 aromatic heterocycles. The fourth-order valence-electron chi connectivity index (χ4n) is 2.51. The summed E-state index contributed by atoms with van der Waals surface area (Å²) in [5.41, 5.74) is 2.04. The summed E-state index contributed by atoms with van der Waals surface area (Å²) < 4.78 is 2.67. The van der Waals surface area contributed by atoms with Gasteiger partial charge in [0.25, 0.3) is 0 Å². The van der Waals surface area contributed by atoms with Gasteiger partial charge in [0, 0.05) is 6.20 Å². The Morgan fingerprint density at radius 2 is 1.90 bits per heavy atom. The first-order valence-electron chi connectivity index (χ1n) is 6.94. The highest BCUT2D eigenvalue weighted by atomic mass is 32.1. The summed E-state index contributed by atoms with van der Waals surface area (Å²) in [5.74, 6) is 0.774. The third-order valence-electron chi connectivity index (χ3n) is 3.48. The highest BCUT2D eigenvalue weighted by Gasteiger charge is 2.18. The second-order valence-electron chi connectivity index (χ2n) is 4.77. The van der Waals surface area contributed by atoms with Crippen molar-refractivity contribution in [3.05, 3.63) is 65.1 Å². The van der Waals surface area contributed by atoms with Crippen LogP contribution in [0, 0.1) is 4.77 Å². The van der Waals surface area contributed by atoms with Crippen LogP contribution in [0.1, 0.15) is 24.9 Å². The van der Waals surface area contributed by atoms with Gasteiger partial charge in [-0.05, 0) is 36.3 Å². The minimum absolute atomic E-state index is 0.148. The molecule has 0 bridgehead atoms. The largest absolute Gasteiger partial charge is 0.291 e. The maximum atomic E-state index is 5.43. The molecule has 0 radical (unpaired) electrons. The Balaban J connectivity index is 2.14. The normalized spacial score (nSPS) is 12.2. The Labute approximate surface area is 128 Å². The smallest absolute Gasteiger partial charge is 0.196 e. The summed E-state index contributed by atoms with van der Waals surface area (Å²) >= 11 is 5.43. The van der Waals surface area contributed by atoms with Crippen LogP contribution < -0.4 is 0 Å². The average molecular weight is 296 g/mol. The molecule has 0 saturated carbocycles. The number of benzene rings is 1. The van der Waals surface area contributed by atoms with Crippen LogP contribution in [0.25, 0.3) is 11.5 Å². The number of aromatic amines is 1. The summed E-state index contributed by atoms with van der Waals surface area (Å²) in [7, 11) is 0. The summed E-state index contributed by atoms with van der Waals surface area (Å²) in [5, 5.41) is 7.26. The molecule has 1 atom stereocenters. The molecule has 1 unspecified atom stereocenters. The highest BCUT2D eigenvalue weighted by molar-refractivity contribution is 7.71. The topological polar surface area (TPSA) is 46.5 Å². The minimum Gasteiger partial charge on any atom is -0.291 e. The molecule has 0 saturated heterocycles. The van der Waals surface area contributed by atoms with E-state index < -0.39 is 0 Å². The van der Waals surface area contributed by atoms with Gasteiger partial charge in [-0.2, -0.15) is 5.10 Å². The molecule has 1 aromatic carbocycles. The van der Waals surface area contributed by atoms with Crippen molar-refractivity contribution in [3.8, 4) is 11.5 Å². The number of rotatable bonds is 4. The number of pyridine rings is 1. The standard InChI is InChI=1S/C16H16N4S/c1-2-14(12-8-4-3-5-9-12)20-15(18-19-16(20)21)13-10-6-7-11-17-13/h3-11,14H,2H2,1H3,(H,19,21). The Hall–Kier alpha value is -2.27. The summed E-state index contributed by atoms with van der Waals surface area (Å²) in [6.45, 7) is 2.15. The van der Waals surface area contributed by atoms with E-state index in [4.69, 9.17) is 12.2 Å². The Morgan fingerprint density at radius 3 is 2.57 bits per heavy atom. The zero-order chi connectivity index (χ0) is 14.7. The van der Waals surface area contributed by atoms with E-state index in [1.165, 1.54) is 5.56 Å². The van der Waals surface area contributed by atoms with Crippen molar-refractivity contribution >= 4 is 12.2 Å². The number of aromatic nitrogens is 4. The monoisotopic (exact) mass is 296 g/mol. The first kappa shape index (κ1) is 13.7. The predicted molar refractivity (Wildman–Crippen MR) is 85.5 cm³/mol. The minimum atomic E-state index is 0.148. The second kappa shape index (κ2) is 6.01. The van der Waals surface area contributed by atoms with Crippen molar-refractivity contribution in [2.75, 3.05) is 0 Å². The molecule has 0 amide bonds. The van der Waals surface area contributed by atoms with Gasteiger partial charge in [-0.1, -0.05) is 43.3 Å². The predicted octanol–water partition coefficient (Wildman–Crippen LogP) is 4.00. The SMILES string of the molecule is CCC(c1ccccc1)n1c(-c2ccccn2)n[nH]c1=S. The number of nitrogens with zero attached hydrogens (tertiary/aromatic N) is 3. The molecule has 3 rings (SSSR count). The first-order chi connectivity index (χ1) is 10.3. The van der Waals surface area contributed by atoms with Crippen molar-refractivity contribution < 1.29 is 0 Å². The number of hydrogen-bond donors (Lipinski definition) is 1. The highest BCUT2D eigenvalue weighted by Crippen LogP contribution is 2.27. The van der Waals surface area contributed by atoms with Gasteiger partial charge in [0.05, 0.1) is 6.04 Å². The summed E-state index contributed by atoms with van der Waals surface area (Å²) in [6, 6.07) is 16.3. The van der Waals surface area contributed by atoms with Crippen LogP contribution in [0.5, 0.6) is 0 Å². The van der Waals surface area contributed by atoms with E-state index in [0.29, 0.717) is 4.77 Å². The van der Waals surface area contributed by atoms with Crippen LogP contribution >= 0.6 is 12.2 Å². The average Bonchev–Trinajstić information content (AvgIpc) is 2.92. The van der Waals surface area contributed by atoms with Crippen molar-refractivity contribution in [3.63, 3.8) is 0 Å². The van der Waals surface area contributed by atoms with E-state index in [9.17, 15) is 0 Å². The maximum absolute atomic E-state index is 5.43. The second-order valence-corrected chi connectivity index (χ2v) is 5.16. The molecule has 4 nitrogen and oxygen atoms in total. The van der Waals surface area contributed by atoms with Gasteiger partial charge < -0.3 is 0 Å². The molecule has 0 aliphatic heterocycles. The van der Waals surface area contributed by atoms with Crippen molar-refractivity contribution in [1.29, 1.82) is 0 Å². The zero-order valence-electron chi connectivity index (χ0n) is 11.7. The fourth-order valence-corrected chi connectivity index (χ4v) is 2.77. The van der Waals surface area contributed by atoms with E-state index in [-0.39, 0.29) is 6.04 Å². The molecule has 2 heterocycles. The van der Waals surface area contributed by atoms with Crippen molar-refractivity contribution in [2.24, 2.45) is 0 Å².